The van der Waals surface area contributed by atoms with Crippen LogP contribution >= 0.6 is 15.9 Å². The molecular formula is C12H20BrN3O2S. The largest absolute Gasteiger partial charge is 0.317 e. The van der Waals surface area contributed by atoms with Gasteiger partial charge in [0.25, 0.3) is 0 Å². The second-order valence-electron chi connectivity index (χ2n) is 4.23. The van der Waals surface area contributed by atoms with E-state index in [1.54, 1.807) is 18.5 Å². The van der Waals surface area contributed by atoms with Crippen molar-refractivity contribution in [2.45, 2.75) is 26.2 Å². The maximum atomic E-state index is 11.9. The Kier molecular flexibility index (Phi) is 7.33. The van der Waals surface area contributed by atoms with Crippen molar-refractivity contribution in [1.29, 1.82) is 0 Å². The molecule has 0 aliphatic heterocycles. The van der Waals surface area contributed by atoms with Gasteiger partial charge in [-0.1, -0.05) is 6.92 Å². The van der Waals surface area contributed by atoms with E-state index in [2.05, 4.69) is 37.9 Å². The molecule has 1 aromatic rings. The summed E-state index contributed by atoms with van der Waals surface area (Å²) in [5, 5.41) is 3.25. The van der Waals surface area contributed by atoms with Gasteiger partial charge in [-0.05, 0) is 54.3 Å². The summed E-state index contributed by atoms with van der Waals surface area (Å²) in [5.74, 6) is 0.134. The molecule has 0 aliphatic rings. The third-order valence-corrected chi connectivity index (χ3v) is 4.47. The van der Waals surface area contributed by atoms with Crippen molar-refractivity contribution in [3.63, 3.8) is 0 Å². The number of unbranched alkanes of at least 4 members (excludes halogenated alkanes) is 1. The van der Waals surface area contributed by atoms with Gasteiger partial charge in [0.2, 0.25) is 10.0 Å². The van der Waals surface area contributed by atoms with E-state index >= 15 is 0 Å². The predicted octanol–water partition coefficient (Wildman–Crippen LogP) is 2.37. The average molecular weight is 350 g/mol. The summed E-state index contributed by atoms with van der Waals surface area (Å²) in [7, 11) is -3.29. The highest BCUT2D eigenvalue weighted by atomic mass is 79.9. The molecule has 0 atom stereocenters. The Morgan fingerprint density at radius 3 is 2.79 bits per heavy atom. The minimum atomic E-state index is -3.29. The van der Waals surface area contributed by atoms with Crippen LogP contribution in [-0.2, 0) is 10.0 Å². The van der Waals surface area contributed by atoms with E-state index in [0.717, 1.165) is 25.9 Å². The molecule has 0 saturated carbocycles. The maximum Gasteiger partial charge on any atom is 0.232 e. The van der Waals surface area contributed by atoms with Crippen molar-refractivity contribution in [2.75, 3.05) is 23.6 Å². The van der Waals surface area contributed by atoms with Gasteiger partial charge in [-0.25, -0.2) is 8.42 Å². The first-order valence-electron chi connectivity index (χ1n) is 6.36. The zero-order valence-corrected chi connectivity index (χ0v) is 13.4. The molecule has 5 nitrogen and oxygen atoms in total. The lowest BCUT2D eigenvalue weighted by Crippen LogP contribution is -2.20. The summed E-state index contributed by atoms with van der Waals surface area (Å²) in [6.07, 6.45) is 5.72. The molecular weight excluding hydrogens is 330 g/mol. The van der Waals surface area contributed by atoms with Crippen LogP contribution in [0, 0.1) is 0 Å². The van der Waals surface area contributed by atoms with Crippen LogP contribution in [0.4, 0.5) is 5.69 Å². The van der Waals surface area contributed by atoms with Gasteiger partial charge in [0.1, 0.15) is 0 Å². The third-order valence-electron chi connectivity index (χ3n) is 2.48. The maximum absolute atomic E-state index is 11.9. The normalized spacial score (nSPS) is 11.5. The van der Waals surface area contributed by atoms with Crippen molar-refractivity contribution in [2.24, 2.45) is 0 Å². The fraction of sp³-hybridized carbons (Fsp3) is 0.583. The van der Waals surface area contributed by atoms with Crippen LogP contribution in [0.25, 0.3) is 0 Å². The summed E-state index contributed by atoms with van der Waals surface area (Å²) in [5.41, 5.74) is 0.527. The van der Waals surface area contributed by atoms with Crippen LogP contribution in [0.15, 0.2) is 22.9 Å². The molecule has 2 N–H and O–H groups in total. The number of anilines is 1. The Labute approximate surface area is 123 Å². The SMILES string of the molecule is CCCNCCCCS(=O)(=O)Nc1ccncc1Br. The third kappa shape index (κ3) is 6.89. The molecule has 19 heavy (non-hydrogen) atoms. The lowest BCUT2D eigenvalue weighted by atomic mass is 10.3. The van der Waals surface area contributed by atoms with E-state index < -0.39 is 10.0 Å². The number of aromatic nitrogens is 1. The Bertz CT molecular complexity index is 480. The molecule has 0 amide bonds. The Balaban J connectivity index is 2.34. The van der Waals surface area contributed by atoms with Gasteiger partial charge in [0, 0.05) is 12.4 Å². The number of hydrogen-bond acceptors (Lipinski definition) is 4. The molecule has 0 aromatic carbocycles. The summed E-state index contributed by atoms with van der Waals surface area (Å²) in [4.78, 5) is 3.89. The first kappa shape index (κ1) is 16.4. The van der Waals surface area contributed by atoms with Gasteiger partial charge in [0.15, 0.2) is 0 Å². The van der Waals surface area contributed by atoms with Crippen LogP contribution in [-0.4, -0.2) is 32.2 Å². The smallest absolute Gasteiger partial charge is 0.232 e. The number of hydrogen-bond donors (Lipinski definition) is 2. The quantitative estimate of drug-likeness (QED) is 0.671. The van der Waals surface area contributed by atoms with E-state index in [1.165, 1.54) is 0 Å². The first-order chi connectivity index (χ1) is 9.05. The number of nitrogens with one attached hydrogen (secondary N) is 2. The summed E-state index contributed by atoms with van der Waals surface area (Å²) >= 11 is 3.26. The van der Waals surface area contributed by atoms with E-state index in [4.69, 9.17) is 0 Å². The first-order valence-corrected chi connectivity index (χ1v) is 8.80. The number of halogens is 1. The lowest BCUT2D eigenvalue weighted by Gasteiger charge is -2.09. The Morgan fingerprint density at radius 1 is 1.32 bits per heavy atom. The summed E-state index contributed by atoms with van der Waals surface area (Å²) in [6.45, 7) is 3.95. The van der Waals surface area contributed by atoms with Crippen molar-refractivity contribution in [3.05, 3.63) is 22.9 Å². The van der Waals surface area contributed by atoms with E-state index in [-0.39, 0.29) is 5.75 Å². The fourth-order valence-corrected chi connectivity index (χ4v) is 3.20. The van der Waals surface area contributed by atoms with Crippen LogP contribution in [0.5, 0.6) is 0 Å². The molecule has 0 aliphatic carbocycles. The van der Waals surface area contributed by atoms with E-state index in [0.29, 0.717) is 16.6 Å². The second kappa shape index (κ2) is 8.50. The van der Waals surface area contributed by atoms with Gasteiger partial charge < -0.3 is 5.32 Å². The number of pyridine rings is 1. The minimum absolute atomic E-state index is 0.134. The van der Waals surface area contributed by atoms with Crippen molar-refractivity contribution < 1.29 is 8.42 Å². The van der Waals surface area contributed by atoms with Gasteiger partial charge >= 0.3 is 0 Å². The molecule has 0 saturated heterocycles. The highest BCUT2D eigenvalue weighted by Crippen LogP contribution is 2.21. The lowest BCUT2D eigenvalue weighted by molar-refractivity contribution is 0.590. The molecule has 0 spiro atoms. The standard InChI is InChI=1S/C12H20BrN3O2S/c1-2-6-14-7-3-4-9-19(17,18)16-12-5-8-15-10-11(12)13/h5,8,10,14H,2-4,6-7,9H2,1H3,(H,15,16). The van der Waals surface area contributed by atoms with Gasteiger partial charge in [-0.3, -0.25) is 9.71 Å². The van der Waals surface area contributed by atoms with Crippen molar-refractivity contribution >= 4 is 31.6 Å². The highest BCUT2D eigenvalue weighted by Gasteiger charge is 2.11. The molecule has 7 heteroatoms. The number of nitrogens with zero attached hydrogens (tertiary/aromatic N) is 1. The van der Waals surface area contributed by atoms with Gasteiger partial charge in [0.05, 0.1) is 15.9 Å². The molecule has 0 bridgehead atoms. The fourth-order valence-electron chi connectivity index (χ4n) is 1.52. The van der Waals surface area contributed by atoms with Crippen LogP contribution in [0.2, 0.25) is 0 Å². The molecule has 1 rings (SSSR count). The minimum Gasteiger partial charge on any atom is -0.317 e. The average Bonchev–Trinajstić information content (AvgIpc) is 2.36. The zero-order valence-electron chi connectivity index (χ0n) is 11.0. The predicted molar refractivity (Wildman–Crippen MR) is 81.7 cm³/mol. The van der Waals surface area contributed by atoms with Crippen molar-refractivity contribution in [1.82, 2.24) is 10.3 Å². The monoisotopic (exact) mass is 349 g/mol. The highest BCUT2D eigenvalue weighted by molar-refractivity contribution is 9.10. The molecule has 0 radical (unpaired) electrons. The Morgan fingerprint density at radius 2 is 2.11 bits per heavy atom. The topological polar surface area (TPSA) is 71.1 Å². The number of sulfonamides is 1. The second-order valence-corrected chi connectivity index (χ2v) is 6.93. The molecule has 1 aromatic heterocycles. The van der Waals surface area contributed by atoms with Crippen molar-refractivity contribution in [3.8, 4) is 0 Å². The van der Waals surface area contributed by atoms with E-state index in [9.17, 15) is 8.42 Å². The van der Waals surface area contributed by atoms with Crippen LogP contribution < -0.4 is 10.0 Å². The van der Waals surface area contributed by atoms with Crippen LogP contribution in [0.3, 0.4) is 0 Å². The van der Waals surface area contributed by atoms with Gasteiger partial charge in [-0.2, -0.15) is 0 Å². The number of rotatable bonds is 9. The molecule has 0 fully saturated rings. The molecule has 108 valence electrons. The van der Waals surface area contributed by atoms with Crippen LogP contribution in [0.1, 0.15) is 26.2 Å². The van der Waals surface area contributed by atoms with E-state index in [1.807, 2.05) is 0 Å². The molecule has 0 unspecified atom stereocenters. The molecule has 1 heterocycles. The van der Waals surface area contributed by atoms with Gasteiger partial charge in [-0.15, -0.1) is 0 Å². The Hall–Kier alpha value is -0.660. The summed E-state index contributed by atoms with van der Waals surface area (Å²) in [6, 6.07) is 1.63. The summed E-state index contributed by atoms with van der Waals surface area (Å²) < 4.78 is 26.9. The zero-order chi connectivity index (χ0) is 14.1.